The number of barbiturate groups is 1. The van der Waals surface area contributed by atoms with Crippen LogP contribution < -0.4 is 21.1 Å². The number of hydrogen-bond donors (Lipinski definition) is 2. The van der Waals surface area contributed by atoms with Crippen LogP contribution in [0.15, 0.2) is 29.2 Å². The summed E-state index contributed by atoms with van der Waals surface area (Å²) in [7, 11) is 0. The van der Waals surface area contributed by atoms with Gasteiger partial charge in [-0.25, -0.2) is 9.78 Å². The lowest BCUT2D eigenvalue weighted by molar-refractivity contribution is -0.146. The average molecular weight is 355 g/mol. The summed E-state index contributed by atoms with van der Waals surface area (Å²) in [5.74, 6) is -0.917. The maximum absolute atomic E-state index is 13.0. The molecular weight excluding hydrogens is 338 g/mol. The fourth-order valence-corrected chi connectivity index (χ4v) is 3.91. The highest BCUT2D eigenvalue weighted by Gasteiger charge is 2.59. The van der Waals surface area contributed by atoms with Crippen molar-refractivity contribution in [2.75, 3.05) is 11.4 Å². The number of nitrogens with one attached hydrogen (secondary N) is 2. The molecule has 9 nitrogen and oxygen atoms in total. The molecule has 0 unspecified atom stereocenters. The van der Waals surface area contributed by atoms with Gasteiger partial charge in [-0.15, -0.1) is 0 Å². The van der Waals surface area contributed by atoms with E-state index < -0.39 is 29.3 Å². The molecular formula is C17H17N5O4. The van der Waals surface area contributed by atoms with Gasteiger partial charge in [0.1, 0.15) is 11.5 Å². The molecule has 134 valence electrons. The van der Waals surface area contributed by atoms with Gasteiger partial charge in [-0.05, 0) is 26.0 Å². The number of aromatic nitrogens is 2. The van der Waals surface area contributed by atoms with Crippen LogP contribution in [0.2, 0.25) is 0 Å². The van der Waals surface area contributed by atoms with E-state index in [-0.39, 0.29) is 17.5 Å². The van der Waals surface area contributed by atoms with Gasteiger partial charge in [-0.3, -0.25) is 29.4 Å². The molecule has 1 fully saturated rings. The third-order valence-electron chi connectivity index (χ3n) is 5.32. The molecule has 2 aromatic rings. The van der Waals surface area contributed by atoms with Gasteiger partial charge in [-0.2, -0.15) is 0 Å². The van der Waals surface area contributed by atoms with Gasteiger partial charge < -0.3 is 4.90 Å². The molecule has 2 N–H and O–H groups in total. The van der Waals surface area contributed by atoms with Gasteiger partial charge in [0.05, 0.1) is 11.6 Å². The summed E-state index contributed by atoms with van der Waals surface area (Å²) in [6.07, 6.45) is 1.48. The number of hydrogen-bond acceptors (Lipinski definition) is 6. The molecule has 0 aromatic carbocycles. The molecule has 2 aromatic heterocycles. The van der Waals surface area contributed by atoms with Gasteiger partial charge in [-0.1, -0.05) is 6.07 Å². The number of pyridine rings is 1. The van der Waals surface area contributed by atoms with Crippen LogP contribution in [0.4, 0.5) is 10.6 Å². The van der Waals surface area contributed by atoms with E-state index in [1.54, 1.807) is 36.2 Å². The van der Waals surface area contributed by atoms with E-state index in [9.17, 15) is 19.2 Å². The van der Waals surface area contributed by atoms with Crippen molar-refractivity contribution in [3.8, 4) is 0 Å². The number of carbonyl (C=O) groups is 3. The van der Waals surface area contributed by atoms with Crippen LogP contribution in [-0.4, -0.2) is 39.8 Å². The second-order valence-electron chi connectivity index (χ2n) is 6.50. The molecule has 0 radical (unpaired) electrons. The fraction of sp³-hybridized carbons (Fsp3) is 0.353. The van der Waals surface area contributed by atoms with E-state index in [0.717, 1.165) is 0 Å². The largest absolute Gasteiger partial charge is 0.352 e. The Morgan fingerprint density at radius 1 is 1.19 bits per heavy atom. The van der Waals surface area contributed by atoms with Crippen LogP contribution in [0, 0.1) is 5.41 Å². The normalized spacial score (nSPS) is 21.5. The first-order valence-electron chi connectivity index (χ1n) is 8.34. The smallest absolute Gasteiger partial charge is 0.328 e. The molecule has 4 heterocycles. The molecule has 4 amide bonds. The molecule has 0 saturated carbocycles. The molecule has 1 saturated heterocycles. The van der Waals surface area contributed by atoms with Crippen molar-refractivity contribution in [2.24, 2.45) is 5.41 Å². The highest BCUT2D eigenvalue weighted by Crippen LogP contribution is 2.40. The van der Waals surface area contributed by atoms with Crippen LogP contribution in [-0.2, 0) is 16.0 Å². The molecule has 2 aliphatic rings. The highest BCUT2D eigenvalue weighted by atomic mass is 16.2. The fourth-order valence-electron chi connectivity index (χ4n) is 3.91. The zero-order valence-corrected chi connectivity index (χ0v) is 14.3. The zero-order chi connectivity index (χ0) is 18.6. The second kappa shape index (κ2) is 5.38. The third kappa shape index (κ3) is 1.94. The van der Waals surface area contributed by atoms with Crippen molar-refractivity contribution < 1.29 is 14.4 Å². The minimum atomic E-state index is -1.57. The molecule has 0 aliphatic carbocycles. The number of amides is 4. The van der Waals surface area contributed by atoms with Crippen molar-refractivity contribution in [2.45, 2.75) is 26.3 Å². The Morgan fingerprint density at radius 2 is 1.88 bits per heavy atom. The van der Waals surface area contributed by atoms with Gasteiger partial charge in [0.25, 0.3) is 5.56 Å². The lowest BCUT2D eigenvalue weighted by Crippen LogP contribution is -2.71. The molecule has 1 atom stereocenters. The first-order chi connectivity index (χ1) is 12.4. The predicted octanol–water partition coefficient (Wildman–Crippen LogP) is -0.182. The van der Waals surface area contributed by atoms with Crippen LogP contribution in [0.25, 0.3) is 5.65 Å². The van der Waals surface area contributed by atoms with Crippen LogP contribution in [0.5, 0.6) is 0 Å². The standard InChI is InChI=1S/C17H17N5O4/c1-3-21-9(2)17(14(24)19-16(26)20-15(17)25)8-10-12(21)18-11-6-4-5-7-22(11)13(10)23/h4-7,9H,3,8H2,1-2H3,(H2,19,20,24,25,26)/t9-/m1/s1. The third-order valence-corrected chi connectivity index (χ3v) is 5.32. The number of carbonyl (C=O) groups excluding carboxylic acids is 3. The maximum Gasteiger partial charge on any atom is 0.328 e. The van der Waals surface area contributed by atoms with Crippen LogP contribution in [0.1, 0.15) is 19.4 Å². The molecule has 26 heavy (non-hydrogen) atoms. The van der Waals surface area contributed by atoms with Crippen molar-refractivity contribution in [1.82, 2.24) is 20.0 Å². The quantitative estimate of drug-likeness (QED) is 0.686. The molecule has 9 heteroatoms. The summed E-state index contributed by atoms with van der Waals surface area (Å²) in [4.78, 5) is 56.3. The Labute approximate surface area is 148 Å². The van der Waals surface area contributed by atoms with Crippen LogP contribution in [0.3, 0.4) is 0 Å². The van der Waals surface area contributed by atoms with E-state index in [0.29, 0.717) is 18.0 Å². The Hall–Kier alpha value is -3.23. The van der Waals surface area contributed by atoms with Gasteiger partial charge in [0.15, 0.2) is 5.41 Å². The van der Waals surface area contributed by atoms with Crippen molar-refractivity contribution in [3.63, 3.8) is 0 Å². The first-order valence-corrected chi connectivity index (χ1v) is 8.34. The van der Waals surface area contributed by atoms with E-state index in [1.807, 2.05) is 6.92 Å². The predicted molar refractivity (Wildman–Crippen MR) is 91.8 cm³/mol. The number of anilines is 1. The lowest BCUT2D eigenvalue weighted by atomic mass is 9.70. The topological polar surface area (TPSA) is 113 Å². The Morgan fingerprint density at radius 3 is 2.54 bits per heavy atom. The molecule has 1 spiro atoms. The summed E-state index contributed by atoms with van der Waals surface area (Å²) >= 11 is 0. The van der Waals surface area contributed by atoms with Crippen molar-refractivity contribution in [3.05, 3.63) is 40.3 Å². The minimum absolute atomic E-state index is 0.116. The Bertz CT molecular complexity index is 1010. The first kappa shape index (κ1) is 16.2. The van der Waals surface area contributed by atoms with E-state index >= 15 is 0 Å². The number of nitrogens with zero attached hydrogens (tertiary/aromatic N) is 3. The van der Waals surface area contributed by atoms with Gasteiger partial charge in [0.2, 0.25) is 11.8 Å². The van der Waals surface area contributed by atoms with E-state index in [1.165, 1.54) is 4.40 Å². The lowest BCUT2D eigenvalue weighted by Gasteiger charge is -2.47. The summed E-state index contributed by atoms with van der Waals surface area (Å²) < 4.78 is 1.39. The van der Waals surface area contributed by atoms with E-state index in [2.05, 4.69) is 15.6 Å². The molecule has 2 aliphatic heterocycles. The van der Waals surface area contributed by atoms with Gasteiger partial charge in [0, 0.05) is 19.2 Å². The molecule has 0 bridgehead atoms. The minimum Gasteiger partial charge on any atom is -0.352 e. The number of fused-ring (bicyclic) bond motifs is 2. The summed E-state index contributed by atoms with van der Waals surface area (Å²) in [5, 5.41) is 4.33. The Balaban J connectivity index is 1.99. The van der Waals surface area contributed by atoms with Crippen molar-refractivity contribution in [1.29, 1.82) is 0 Å². The maximum atomic E-state index is 13.0. The van der Waals surface area contributed by atoms with Crippen molar-refractivity contribution >= 4 is 29.3 Å². The number of rotatable bonds is 1. The zero-order valence-electron chi connectivity index (χ0n) is 14.3. The number of urea groups is 1. The summed E-state index contributed by atoms with van der Waals surface area (Å²) in [6.45, 7) is 4.04. The SMILES string of the molecule is CCN1c2nc3ccccn3c(=O)c2CC2(C(=O)NC(=O)NC2=O)[C@H]1C. The summed E-state index contributed by atoms with van der Waals surface area (Å²) in [5.41, 5.74) is -1.12. The monoisotopic (exact) mass is 355 g/mol. The van der Waals surface area contributed by atoms with Gasteiger partial charge >= 0.3 is 6.03 Å². The molecule has 4 rings (SSSR count). The second-order valence-corrected chi connectivity index (χ2v) is 6.50. The van der Waals surface area contributed by atoms with E-state index in [4.69, 9.17) is 0 Å². The number of imide groups is 2. The average Bonchev–Trinajstić information content (AvgIpc) is 2.60. The van der Waals surface area contributed by atoms with Crippen LogP contribution >= 0.6 is 0 Å². The summed E-state index contributed by atoms with van der Waals surface area (Å²) in [6, 6.07) is 3.79. The Kier molecular flexibility index (Phi) is 3.36. The highest BCUT2D eigenvalue weighted by molar-refractivity contribution is 6.20.